The molecule has 22 heavy (non-hydrogen) atoms. The average Bonchev–Trinajstić information content (AvgIpc) is 2.86. The Bertz CT molecular complexity index is 688. The number of ketones is 1. The first-order chi connectivity index (χ1) is 10.7. The third kappa shape index (κ3) is 2.59. The molecule has 1 aliphatic carbocycles. The summed E-state index contributed by atoms with van der Waals surface area (Å²) in [5, 5.41) is 0. The zero-order valence-electron chi connectivity index (χ0n) is 13.3. The van der Waals surface area contributed by atoms with E-state index in [1.54, 1.807) is 6.92 Å². The number of Topliss-reactive ketones (excluding diaryl/α,β-unsaturated/α-hetero) is 1. The smallest absolute Gasteiger partial charge is 0.160 e. The maximum Gasteiger partial charge on any atom is 0.160 e. The molecular formula is C20H22O2. The lowest BCUT2D eigenvalue weighted by Gasteiger charge is -2.16. The molecule has 0 radical (unpaired) electrons. The Kier molecular flexibility index (Phi) is 4.39. The molecule has 0 aromatic heterocycles. The summed E-state index contributed by atoms with van der Waals surface area (Å²) in [6.07, 6.45) is 2.21. The van der Waals surface area contributed by atoms with Gasteiger partial charge >= 0.3 is 0 Å². The van der Waals surface area contributed by atoms with Crippen molar-refractivity contribution in [3.05, 3.63) is 59.2 Å². The highest BCUT2D eigenvalue weighted by atomic mass is 16.5. The Balaban J connectivity index is 2.01. The van der Waals surface area contributed by atoms with Crippen LogP contribution < -0.4 is 0 Å². The van der Waals surface area contributed by atoms with Crippen molar-refractivity contribution in [2.75, 3.05) is 13.2 Å². The van der Waals surface area contributed by atoms with E-state index in [1.165, 1.54) is 16.7 Å². The van der Waals surface area contributed by atoms with Crippen molar-refractivity contribution in [3.63, 3.8) is 0 Å². The molecule has 114 valence electrons. The lowest BCUT2D eigenvalue weighted by molar-refractivity contribution is 0.101. The lowest BCUT2D eigenvalue weighted by atomic mass is 9.92. The molecule has 0 heterocycles. The van der Waals surface area contributed by atoms with Crippen molar-refractivity contribution in [1.29, 1.82) is 0 Å². The molecular weight excluding hydrogens is 272 g/mol. The van der Waals surface area contributed by atoms with Gasteiger partial charge in [0.2, 0.25) is 0 Å². The SMILES string of the molecule is CCCCOCC1c2ccccc2-c2cccc(C(C)=O)c21. The fraction of sp³-hybridized carbons (Fsp3) is 0.350. The number of rotatable bonds is 6. The zero-order chi connectivity index (χ0) is 15.5. The molecule has 0 bridgehead atoms. The van der Waals surface area contributed by atoms with Crippen LogP contribution in [-0.2, 0) is 4.74 Å². The summed E-state index contributed by atoms with van der Waals surface area (Å²) in [7, 11) is 0. The average molecular weight is 294 g/mol. The molecule has 1 atom stereocenters. The fourth-order valence-electron chi connectivity index (χ4n) is 3.30. The number of hydrogen-bond donors (Lipinski definition) is 0. The number of benzene rings is 2. The van der Waals surface area contributed by atoms with E-state index in [4.69, 9.17) is 4.74 Å². The van der Waals surface area contributed by atoms with E-state index in [9.17, 15) is 4.79 Å². The number of unbranched alkanes of at least 4 members (excludes halogenated alkanes) is 1. The van der Waals surface area contributed by atoms with Crippen LogP contribution in [0.25, 0.3) is 11.1 Å². The highest BCUT2D eigenvalue weighted by molar-refractivity contribution is 5.99. The van der Waals surface area contributed by atoms with Crippen molar-refractivity contribution >= 4 is 5.78 Å². The van der Waals surface area contributed by atoms with Crippen LogP contribution in [0, 0.1) is 0 Å². The van der Waals surface area contributed by atoms with Gasteiger partial charge in [-0.05, 0) is 35.6 Å². The first-order valence-electron chi connectivity index (χ1n) is 8.05. The molecule has 2 heteroatoms. The Morgan fingerprint density at radius 3 is 2.64 bits per heavy atom. The summed E-state index contributed by atoms with van der Waals surface area (Å²) in [5.41, 5.74) is 5.69. The molecule has 2 aromatic carbocycles. The molecule has 3 rings (SSSR count). The van der Waals surface area contributed by atoms with Gasteiger partial charge in [0.05, 0.1) is 6.61 Å². The van der Waals surface area contributed by atoms with Gasteiger partial charge in [0.15, 0.2) is 5.78 Å². The van der Waals surface area contributed by atoms with Crippen LogP contribution in [-0.4, -0.2) is 19.0 Å². The maximum atomic E-state index is 12.0. The minimum absolute atomic E-state index is 0.128. The van der Waals surface area contributed by atoms with Crippen molar-refractivity contribution in [1.82, 2.24) is 0 Å². The van der Waals surface area contributed by atoms with Crippen LogP contribution in [0.2, 0.25) is 0 Å². The molecule has 0 fully saturated rings. The fourth-order valence-corrected chi connectivity index (χ4v) is 3.30. The third-order valence-corrected chi connectivity index (χ3v) is 4.39. The molecule has 0 N–H and O–H groups in total. The standard InChI is InChI=1S/C20H22O2/c1-3-4-12-22-13-19-17-9-6-5-8-16(17)18-11-7-10-15(14(2)21)20(18)19/h5-11,19H,3-4,12-13H2,1-2H3. The zero-order valence-corrected chi connectivity index (χ0v) is 13.3. The largest absolute Gasteiger partial charge is 0.380 e. The number of carbonyl (C=O) groups is 1. The van der Waals surface area contributed by atoms with E-state index in [2.05, 4.69) is 37.3 Å². The van der Waals surface area contributed by atoms with E-state index in [1.807, 2.05) is 12.1 Å². The maximum absolute atomic E-state index is 12.0. The predicted octanol–water partition coefficient (Wildman–Crippen LogP) is 4.82. The number of ether oxygens (including phenoxy) is 1. The van der Waals surface area contributed by atoms with Gasteiger partial charge in [-0.25, -0.2) is 0 Å². The quantitative estimate of drug-likeness (QED) is 0.564. The van der Waals surface area contributed by atoms with Crippen LogP contribution in [0.1, 0.15) is 54.1 Å². The first-order valence-corrected chi connectivity index (χ1v) is 8.05. The van der Waals surface area contributed by atoms with Crippen molar-refractivity contribution in [2.24, 2.45) is 0 Å². The minimum Gasteiger partial charge on any atom is -0.380 e. The Morgan fingerprint density at radius 1 is 1.09 bits per heavy atom. The highest BCUT2D eigenvalue weighted by Crippen LogP contribution is 2.46. The summed E-state index contributed by atoms with van der Waals surface area (Å²) >= 11 is 0. The van der Waals surface area contributed by atoms with Gasteiger partial charge in [0, 0.05) is 18.1 Å². The second-order valence-electron chi connectivity index (χ2n) is 5.89. The van der Waals surface area contributed by atoms with Crippen LogP contribution in [0.3, 0.4) is 0 Å². The van der Waals surface area contributed by atoms with Gasteiger partial charge in [0.25, 0.3) is 0 Å². The van der Waals surface area contributed by atoms with Crippen LogP contribution in [0.5, 0.6) is 0 Å². The van der Waals surface area contributed by atoms with E-state index in [0.717, 1.165) is 30.6 Å². The van der Waals surface area contributed by atoms with Crippen LogP contribution in [0.4, 0.5) is 0 Å². The van der Waals surface area contributed by atoms with Gasteiger partial charge in [0.1, 0.15) is 0 Å². The van der Waals surface area contributed by atoms with Gasteiger partial charge in [-0.3, -0.25) is 4.79 Å². The number of hydrogen-bond acceptors (Lipinski definition) is 2. The van der Waals surface area contributed by atoms with E-state index < -0.39 is 0 Å². The molecule has 0 amide bonds. The van der Waals surface area contributed by atoms with E-state index in [0.29, 0.717) is 6.61 Å². The van der Waals surface area contributed by atoms with E-state index in [-0.39, 0.29) is 11.7 Å². The molecule has 1 aliphatic rings. The Hall–Kier alpha value is -1.93. The third-order valence-electron chi connectivity index (χ3n) is 4.39. The Labute approximate surface area is 132 Å². The lowest BCUT2D eigenvalue weighted by Crippen LogP contribution is -2.11. The van der Waals surface area contributed by atoms with Gasteiger partial charge in [-0.1, -0.05) is 55.8 Å². The molecule has 2 aromatic rings. The van der Waals surface area contributed by atoms with Gasteiger partial charge < -0.3 is 4.74 Å². The minimum atomic E-state index is 0.128. The summed E-state index contributed by atoms with van der Waals surface area (Å²) in [5.74, 6) is 0.298. The van der Waals surface area contributed by atoms with Crippen molar-refractivity contribution in [2.45, 2.75) is 32.6 Å². The highest BCUT2D eigenvalue weighted by Gasteiger charge is 2.31. The van der Waals surface area contributed by atoms with Gasteiger partial charge in [-0.2, -0.15) is 0 Å². The Morgan fingerprint density at radius 2 is 1.86 bits per heavy atom. The molecule has 1 unspecified atom stereocenters. The van der Waals surface area contributed by atoms with Gasteiger partial charge in [-0.15, -0.1) is 0 Å². The number of fused-ring (bicyclic) bond motifs is 3. The predicted molar refractivity (Wildman–Crippen MR) is 89.5 cm³/mol. The van der Waals surface area contributed by atoms with E-state index >= 15 is 0 Å². The molecule has 0 aliphatic heterocycles. The summed E-state index contributed by atoms with van der Waals surface area (Å²) < 4.78 is 5.90. The summed E-state index contributed by atoms with van der Waals surface area (Å²) in [6.45, 7) is 5.24. The molecule has 2 nitrogen and oxygen atoms in total. The first kappa shape index (κ1) is 15.0. The second kappa shape index (κ2) is 6.45. The second-order valence-corrected chi connectivity index (χ2v) is 5.89. The normalized spacial score (nSPS) is 15.5. The topological polar surface area (TPSA) is 26.3 Å². The summed E-state index contributed by atoms with van der Waals surface area (Å²) in [4.78, 5) is 12.0. The van der Waals surface area contributed by atoms with Crippen molar-refractivity contribution in [3.8, 4) is 11.1 Å². The molecule has 0 saturated heterocycles. The number of carbonyl (C=O) groups excluding carboxylic acids is 1. The van der Waals surface area contributed by atoms with Crippen LogP contribution >= 0.6 is 0 Å². The summed E-state index contributed by atoms with van der Waals surface area (Å²) in [6, 6.07) is 14.5. The van der Waals surface area contributed by atoms with Crippen LogP contribution in [0.15, 0.2) is 42.5 Å². The monoisotopic (exact) mass is 294 g/mol. The van der Waals surface area contributed by atoms with Crippen molar-refractivity contribution < 1.29 is 9.53 Å². The molecule has 0 saturated carbocycles. The molecule has 0 spiro atoms.